The summed E-state index contributed by atoms with van der Waals surface area (Å²) >= 11 is 0. The summed E-state index contributed by atoms with van der Waals surface area (Å²) in [4.78, 5) is 1.64. The predicted molar refractivity (Wildman–Crippen MR) is 82.8 cm³/mol. The van der Waals surface area contributed by atoms with E-state index >= 15 is 0 Å². The second-order valence-corrected chi connectivity index (χ2v) is 7.54. The van der Waals surface area contributed by atoms with Gasteiger partial charge < -0.3 is 10.0 Å². The molecular formula is C13H23ClN2O3S. The highest BCUT2D eigenvalue weighted by atomic mass is 35.5. The van der Waals surface area contributed by atoms with E-state index in [0.29, 0.717) is 12.1 Å². The van der Waals surface area contributed by atoms with Crippen LogP contribution in [0.2, 0.25) is 0 Å². The van der Waals surface area contributed by atoms with E-state index in [4.69, 9.17) is 5.14 Å². The monoisotopic (exact) mass is 322 g/mol. The summed E-state index contributed by atoms with van der Waals surface area (Å²) in [7, 11) is -0.249. The van der Waals surface area contributed by atoms with Crippen LogP contribution in [0.4, 0.5) is 0 Å². The Morgan fingerprint density at radius 2 is 1.75 bits per heavy atom. The number of phenols is 1. The molecule has 0 saturated carbocycles. The van der Waals surface area contributed by atoms with Gasteiger partial charge in [0, 0.05) is 12.1 Å². The summed E-state index contributed by atoms with van der Waals surface area (Å²) in [5.74, 6) is -0.260. The predicted octanol–water partition coefficient (Wildman–Crippen LogP) is 1.82. The molecule has 0 aromatic heterocycles. The lowest BCUT2D eigenvalue weighted by Gasteiger charge is -2.23. The molecule has 0 aliphatic rings. The highest BCUT2D eigenvalue weighted by molar-refractivity contribution is 7.89. The van der Waals surface area contributed by atoms with Gasteiger partial charge >= 0.3 is 0 Å². The summed E-state index contributed by atoms with van der Waals surface area (Å²) < 4.78 is 23.2. The van der Waals surface area contributed by atoms with Crippen LogP contribution in [-0.2, 0) is 22.0 Å². The first-order chi connectivity index (χ1) is 8.43. The molecule has 0 amide bonds. The first-order valence-electron chi connectivity index (χ1n) is 5.97. The number of aromatic hydroxyl groups is 1. The van der Waals surface area contributed by atoms with Crippen molar-refractivity contribution in [3.63, 3.8) is 0 Å². The number of hydrogen-bond acceptors (Lipinski definition) is 4. The number of halogens is 1. The van der Waals surface area contributed by atoms with Crippen molar-refractivity contribution in [2.45, 2.75) is 37.6 Å². The van der Waals surface area contributed by atoms with Gasteiger partial charge in [0.25, 0.3) is 0 Å². The Morgan fingerprint density at radius 3 is 2.10 bits per heavy atom. The smallest absolute Gasteiger partial charge is 0.241 e. The molecule has 5 nitrogen and oxygen atoms in total. The number of sulfonamides is 1. The van der Waals surface area contributed by atoms with Gasteiger partial charge in [-0.25, -0.2) is 13.6 Å². The number of benzene rings is 1. The lowest BCUT2D eigenvalue weighted by Crippen LogP contribution is -2.19. The third kappa shape index (κ3) is 4.63. The molecule has 0 aliphatic heterocycles. The van der Waals surface area contributed by atoms with E-state index in [1.54, 1.807) is 0 Å². The standard InChI is InChI=1S/C13H22N2O3S.ClH/c1-13(2,3)10-6-9(8-15(4)5)12(16)11(7-10)19(14,17)18;/h6-7,16H,8H2,1-5H3,(H2,14,17,18);1H. The van der Waals surface area contributed by atoms with E-state index < -0.39 is 10.0 Å². The van der Waals surface area contributed by atoms with E-state index in [0.717, 1.165) is 5.56 Å². The largest absolute Gasteiger partial charge is 0.506 e. The Balaban J connectivity index is 0.00000361. The minimum absolute atomic E-state index is 0. The van der Waals surface area contributed by atoms with Gasteiger partial charge in [-0.3, -0.25) is 0 Å². The lowest BCUT2D eigenvalue weighted by molar-refractivity contribution is 0.380. The first-order valence-corrected chi connectivity index (χ1v) is 7.51. The fraction of sp³-hybridized carbons (Fsp3) is 0.538. The molecule has 116 valence electrons. The summed E-state index contributed by atoms with van der Waals surface area (Å²) in [6.07, 6.45) is 0. The van der Waals surface area contributed by atoms with Gasteiger partial charge in [0.05, 0.1) is 0 Å². The van der Waals surface area contributed by atoms with Crippen molar-refractivity contribution in [1.29, 1.82) is 0 Å². The van der Waals surface area contributed by atoms with Crippen molar-refractivity contribution in [2.24, 2.45) is 5.14 Å². The van der Waals surface area contributed by atoms with E-state index in [1.165, 1.54) is 6.07 Å². The molecule has 3 N–H and O–H groups in total. The van der Waals surface area contributed by atoms with E-state index in [-0.39, 0.29) is 28.5 Å². The Bertz CT molecular complexity index is 578. The number of phenolic OH excluding ortho intramolecular Hbond substituents is 1. The molecule has 0 saturated heterocycles. The van der Waals surface area contributed by atoms with Crippen LogP contribution in [0.25, 0.3) is 0 Å². The summed E-state index contributed by atoms with van der Waals surface area (Å²) in [5.41, 5.74) is 1.15. The molecule has 1 aromatic carbocycles. The topological polar surface area (TPSA) is 83.6 Å². The second kappa shape index (κ2) is 6.30. The Morgan fingerprint density at radius 1 is 1.25 bits per heavy atom. The molecule has 0 unspecified atom stereocenters. The fourth-order valence-electron chi connectivity index (χ4n) is 1.78. The number of nitrogens with zero attached hydrogens (tertiary/aromatic N) is 1. The Hall–Kier alpha value is -0.820. The number of primary sulfonamides is 1. The third-order valence-corrected chi connectivity index (χ3v) is 3.74. The van der Waals surface area contributed by atoms with Gasteiger partial charge in [0.2, 0.25) is 10.0 Å². The lowest BCUT2D eigenvalue weighted by atomic mass is 9.86. The van der Waals surface area contributed by atoms with E-state index in [2.05, 4.69) is 0 Å². The van der Waals surface area contributed by atoms with Crippen molar-refractivity contribution in [1.82, 2.24) is 4.90 Å². The van der Waals surface area contributed by atoms with E-state index in [1.807, 2.05) is 45.8 Å². The maximum absolute atomic E-state index is 11.6. The van der Waals surface area contributed by atoms with Crippen LogP contribution >= 0.6 is 12.4 Å². The van der Waals surface area contributed by atoms with Gasteiger partial charge in [-0.2, -0.15) is 0 Å². The maximum atomic E-state index is 11.6. The molecule has 1 aromatic rings. The van der Waals surface area contributed by atoms with Crippen molar-refractivity contribution >= 4 is 22.4 Å². The number of nitrogens with two attached hydrogens (primary N) is 1. The van der Waals surface area contributed by atoms with Gasteiger partial charge in [-0.1, -0.05) is 26.8 Å². The zero-order valence-electron chi connectivity index (χ0n) is 12.5. The summed E-state index contributed by atoms with van der Waals surface area (Å²) in [6, 6.07) is 3.27. The fourth-order valence-corrected chi connectivity index (χ4v) is 2.47. The molecule has 0 radical (unpaired) electrons. The van der Waals surface area contributed by atoms with Crippen molar-refractivity contribution in [3.8, 4) is 5.75 Å². The Labute approximate surface area is 127 Å². The zero-order valence-corrected chi connectivity index (χ0v) is 14.1. The maximum Gasteiger partial charge on any atom is 0.241 e. The van der Waals surface area contributed by atoms with Gasteiger partial charge in [0.1, 0.15) is 10.6 Å². The van der Waals surface area contributed by atoms with Crippen molar-refractivity contribution < 1.29 is 13.5 Å². The zero-order chi connectivity index (χ0) is 15.0. The molecule has 0 spiro atoms. The molecule has 0 heterocycles. The minimum atomic E-state index is -3.94. The highest BCUT2D eigenvalue weighted by Gasteiger charge is 2.23. The average molecular weight is 323 g/mol. The average Bonchev–Trinajstić information content (AvgIpc) is 2.16. The van der Waals surface area contributed by atoms with Crippen LogP contribution in [0.5, 0.6) is 5.75 Å². The van der Waals surface area contributed by atoms with Crippen LogP contribution < -0.4 is 5.14 Å². The van der Waals surface area contributed by atoms with Crippen LogP contribution in [0.15, 0.2) is 17.0 Å². The first kappa shape index (κ1) is 19.2. The van der Waals surface area contributed by atoms with Crippen LogP contribution in [-0.4, -0.2) is 32.5 Å². The molecule has 0 bridgehead atoms. The number of rotatable bonds is 3. The van der Waals surface area contributed by atoms with Gasteiger partial charge in [-0.15, -0.1) is 12.4 Å². The van der Waals surface area contributed by atoms with Crippen LogP contribution in [0, 0.1) is 0 Å². The Kier molecular flexibility index (Phi) is 6.04. The SMILES string of the molecule is CN(C)Cc1cc(C(C)(C)C)cc(S(N)(=O)=O)c1O.Cl. The summed E-state index contributed by atoms with van der Waals surface area (Å²) in [6.45, 7) is 6.38. The van der Waals surface area contributed by atoms with Crippen LogP contribution in [0.1, 0.15) is 31.9 Å². The highest BCUT2D eigenvalue weighted by Crippen LogP contribution is 2.33. The normalized spacial score (nSPS) is 12.3. The van der Waals surface area contributed by atoms with Gasteiger partial charge in [-0.05, 0) is 31.1 Å². The molecule has 0 atom stereocenters. The molecule has 1 rings (SSSR count). The molecular weight excluding hydrogens is 300 g/mol. The quantitative estimate of drug-likeness (QED) is 0.889. The molecule has 7 heteroatoms. The van der Waals surface area contributed by atoms with Crippen molar-refractivity contribution in [3.05, 3.63) is 23.3 Å². The van der Waals surface area contributed by atoms with Crippen molar-refractivity contribution in [2.75, 3.05) is 14.1 Å². The molecule has 20 heavy (non-hydrogen) atoms. The second-order valence-electron chi connectivity index (χ2n) is 6.01. The van der Waals surface area contributed by atoms with E-state index in [9.17, 15) is 13.5 Å². The third-order valence-electron chi connectivity index (χ3n) is 2.81. The molecule has 0 aliphatic carbocycles. The number of hydrogen-bond donors (Lipinski definition) is 2. The molecule has 0 fully saturated rings. The summed E-state index contributed by atoms with van der Waals surface area (Å²) in [5, 5.41) is 15.2. The van der Waals surface area contributed by atoms with Crippen LogP contribution in [0.3, 0.4) is 0 Å². The van der Waals surface area contributed by atoms with Gasteiger partial charge in [0.15, 0.2) is 0 Å². The minimum Gasteiger partial charge on any atom is -0.506 e.